The predicted octanol–water partition coefficient (Wildman–Crippen LogP) is 3.95. The van der Waals surface area contributed by atoms with E-state index in [1.54, 1.807) is 18.2 Å². The molecule has 0 spiro atoms. The van der Waals surface area contributed by atoms with Crippen LogP contribution >= 0.6 is 27.5 Å². The minimum atomic E-state index is -3.77. The van der Waals surface area contributed by atoms with Crippen LogP contribution in [0.4, 0.5) is 15.8 Å². The molecular weight excluding hydrogens is 435 g/mol. The zero-order valence-electron chi connectivity index (χ0n) is 13.4. The van der Waals surface area contributed by atoms with Gasteiger partial charge in [-0.25, -0.2) is 12.8 Å². The highest BCUT2D eigenvalue weighted by atomic mass is 79.9. The summed E-state index contributed by atoms with van der Waals surface area (Å²) in [4.78, 5) is 12.3. The Hall–Kier alpha value is -1.64. The molecule has 0 bridgehead atoms. The maximum absolute atomic E-state index is 13.3. The maximum atomic E-state index is 13.3. The molecular formula is C16H15BrClFN2O3S. The van der Waals surface area contributed by atoms with Gasteiger partial charge in [0.25, 0.3) is 0 Å². The Morgan fingerprint density at radius 2 is 1.96 bits per heavy atom. The van der Waals surface area contributed by atoms with E-state index in [-0.39, 0.29) is 10.7 Å². The monoisotopic (exact) mass is 448 g/mol. The summed E-state index contributed by atoms with van der Waals surface area (Å²) in [5.41, 5.74) is 1.57. The second-order valence-corrected chi connectivity index (χ2v) is 8.55. The van der Waals surface area contributed by atoms with Crippen LogP contribution in [0.3, 0.4) is 0 Å². The van der Waals surface area contributed by atoms with Gasteiger partial charge in [0.05, 0.1) is 17.0 Å². The largest absolute Gasteiger partial charge is 0.325 e. The van der Waals surface area contributed by atoms with E-state index in [2.05, 4.69) is 21.2 Å². The molecule has 134 valence electrons. The smallest absolute Gasteiger partial charge is 0.245 e. The first-order chi connectivity index (χ1) is 11.6. The van der Waals surface area contributed by atoms with Crippen LogP contribution in [0.25, 0.3) is 0 Å². The molecule has 0 radical (unpaired) electrons. The Morgan fingerprint density at radius 1 is 1.28 bits per heavy atom. The van der Waals surface area contributed by atoms with Gasteiger partial charge in [-0.3, -0.25) is 9.10 Å². The Morgan fingerprint density at radius 3 is 2.52 bits per heavy atom. The normalized spacial score (nSPS) is 11.2. The Kier molecular flexibility index (Phi) is 6.08. The zero-order valence-corrected chi connectivity index (χ0v) is 16.5. The highest BCUT2D eigenvalue weighted by molar-refractivity contribution is 9.10. The summed E-state index contributed by atoms with van der Waals surface area (Å²) >= 11 is 9.07. The number of hydrogen-bond donors (Lipinski definition) is 1. The van der Waals surface area contributed by atoms with Crippen molar-refractivity contribution in [2.75, 3.05) is 22.4 Å². The topological polar surface area (TPSA) is 66.5 Å². The van der Waals surface area contributed by atoms with Crippen LogP contribution < -0.4 is 9.62 Å². The van der Waals surface area contributed by atoms with Gasteiger partial charge in [-0.15, -0.1) is 0 Å². The number of carbonyl (C=O) groups excluding carboxylic acids is 1. The van der Waals surface area contributed by atoms with Crippen molar-refractivity contribution in [3.63, 3.8) is 0 Å². The van der Waals surface area contributed by atoms with Crippen LogP contribution in [0.5, 0.6) is 0 Å². The molecule has 9 heteroatoms. The van der Waals surface area contributed by atoms with Gasteiger partial charge in [-0.05, 0) is 48.9 Å². The number of rotatable bonds is 5. The molecule has 0 atom stereocenters. The van der Waals surface area contributed by atoms with Crippen LogP contribution in [-0.4, -0.2) is 27.1 Å². The van der Waals surface area contributed by atoms with Crippen LogP contribution in [0, 0.1) is 12.7 Å². The quantitative estimate of drug-likeness (QED) is 0.751. The lowest BCUT2D eigenvalue weighted by atomic mass is 10.2. The number of nitrogens with zero attached hydrogens (tertiary/aromatic N) is 1. The third-order valence-corrected chi connectivity index (χ3v) is 5.64. The fraction of sp³-hybridized carbons (Fsp3) is 0.188. The average molecular weight is 450 g/mol. The molecule has 0 unspecified atom stereocenters. The van der Waals surface area contributed by atoms with Crippen molar-refractivity contribution in [1.29, 1.82) is 0 Å². The Balaban J connectivity index is 2.23. The standard InChI is InChI=1S/C16H15BrClFN2O3S/c1-10-7-11(3-5-13(10)17)20-16(22)9-21(25(2,23)24)12-4-6-15(19)14(18)8-12/h3-8H,9H2,1-2H3,(H,20,22). The van der Waals surface area contributed by atoms with Gasteiger partial charge in [0.2, 0.25) is 15.9 Å². The summed E-state index contributed by atoms with van der Waals surface area (Å²) in [5, 5.41) is 2.41. The fourth-order valence-corrected chi connectivity index (χ4v) is 3.36. The average Bonchev–Trinajstić information content (AvgIpc) is 2.50. The van der Waals surface area contributed by atoms with E-state index in [4.69, 9.17) is 11.6 Å². The van der Waals surface area contributed by atoms with Gasteiger partial charge in [0.15, 0.2) is 0 Å². The molecule has 25 heavy (non-hydrogen) atoms. The van der Waals surface area contributed by atoms with Crippen LogP contribution in [0.15, 0.2) is 40.9 Å². The van der Waals surface area contributed by atoms with Gasteiger partial charge >= 0.3 is 0 Å². The molecule has 2 aromatic rings. The first-order valence-corrected chi connectivity index (χ1v) is 10.1. The summed E-state index contributed by atoms with van der Waals surface area (Å²) in [6.07, 6.45) is 0.960. The lowest BCUT2D eigenvalue weighted by Crippen LogP contribution is -2.37. The lowest BCUT2D eigenvalue weighted by Gasteiger charge is -2.22. The molecule has 2 aromatic carbocycles. The Labute approximate surface area is 159 Å². The van der Waals surface area contributed by atoms with Crippen molar-refractivity contribution in [1.82, 2.24) is 0 Å². The Bertz CT molecular complexity index is 922. The van der Waals surface area contributed by atoms with Crippen LogP contribution in [0.2, 0.25) is 5.02 Å². The summed E-state index contributed by atoms with van der Waals surface area (Å²) in [6.45, 7) is 1.40. The minimum Gasteiger partial charge on any atom is -0.325 e. The first-order valence-electron chi connectivity index (χ1n) is 7.06. The highest BCUT2D eigenvalue weighted by Crippen LogP contribution is 2.25. The zero-order chi connectivity index (χ0) is 18.8. The first kappa shape index (κ1) is 19.7. The number of amides is 1. The molecule has 5 nitrogen and oxygen atoms in total. The van der Waals surface area contributed by atoms with E-state index >= 15 is 0 Å². The molecule has 1 N–H and O–H groups in total. The molecule has 0 aliphatic heterocycles. The van der Waals surface area contributed by atoms with Crippen molar-refractivity contribution in [2.45, 2.75) is 6.92 Å². The number of sulfonamides is 1. The lowest BCUT2D eigenvalue weighted by molar-refractivity contribution is -0.114. The molecule has 0 heterocycles. The number of halogens is 3. The van der Waals surface area contributed by atoms with E-state index in [0.717, 1.165) is 32.7 Å². The minimum absolute atomic E-state index is 0.107. The van der Waals surface area contributed by atoms with Gasteiger partial charge in [-0.1, -0.05) is 27.5 Å². The third-order valence-electron chi connectivity index (χ3n) is 3.32. The van der Waals surface area contributed by atoms with Crippen molar-refractivity contribution >= 4 is 54.8 Å². The molecule has 0 aliphatic rings. The van der Waals surface area contributed by atoms with Crippen molar-refractivity contribution in [2.24, 2.45) is 0 Å². The van der Waals surface area contributed by atoms with Gasteiger partial charge in [0.1, 0.15) is 12.4 Å². The number of carbonyl (C=O) groups is 1. The SMILES string of the molecule is Cc1cc(NC(=O)CN(c2ccc(F)c(Cl)c2)S(C)(=O)=O)ccc1Br. The van der Waals surface area contributed by atoms with Crippen LogP contribution in [0.1, 0.15) is 5.56 Å². The van der Waals surface area contributed by atoms with E-state index < -0.39 is 28.3 Å². The number of anilines is 2. The van der Waals surface area contributed by atoms with E-state index in [1.165, 1.54) is 6.07 Å². The molecule has 0 saturated heterocycles. The van der Waals surface area contributed by atoms with E-state index in [0.29, 0.717) is 5.69 Å². The van der Waals surface area contributed by atoms with E-state index in [9.17, 15) is 17.6 Å². The number of aryl methyl sites for hydroxylation is 1. The molecule has 0 aliphatic carbocycles. The van der Waals surface area contributed by atoms with Crippen LogP contribution in [-0.2, 0) is 14.8 Å². The van der Waals surface area contributed by atoms with Crippen molar-refractivity contribution in [3.8, 4) is 0 Å². The number of nitrogens with one attached hydrogen (secondary N) is 1. The van der Waals surface area contributed by atoms with Crippen molar-refractivity contribution in [3.05, 3.63) is 57.3 Å². The summed E-state index contributed by atoms with van der Waals surface area (Å²) < 4.78 is 39.1. The molecule has 1 amide bonds. The number of hydrogen-bond acceptors (Lipinski definition) is 3. The van der Waals surface area contributed by atoms with E-state index in [1.807, 2.05) is 6.92 Å². The third kappa shape index (κ3) is 5.17. The predicted molar refractivity (Wildman–Crippen MR) is 101 cm³/mol. The fourth-order valence-electron chi connectivity index (χ4n) is 2.09. The number of benzene rings is 2. The summed E-state index contributed by atoms with van der Waals surface area (Å²) in [7, 11) is -3.77. The summed E-state index contributed by atoms with van der Waals surface area (Å²) in [5.74, 6) is -1.21. The highest BCUT2D eigenvalue weighted by Gasteiger charge is 2.22. The molecule has 0 fully saturated rings. The molecule has 2 rings (SSSR count). The molecule has 0 saturated carbocycles. The second-order valence-electron chi connectivity index (χ2n) is 5.38. The van der Waals surface area contributed by atoms with Crippen molar-refractivity contribution < 1.29 is 17.6 Å². The van der Waals surface area contributed by atoms with Gasteiger partial charge in [-0.2, -0.15) is 0 Å². The summed E-state index contributed by atoms with van der Waals surface area (Å²) in [6, 6.07) is 8.68. The maximum Gasteiger partial charge on any atom is 0.245 e. The van der Waals surface area contributed by atoms with Gasteiger partial charge < -0.3 is 5.32 Å². The second kappa shape index (κ2) is 7.72. The van der Waals surface area contributed by atoms with Gasteiger partial charge in [0, 0.05) is 10.2 Å². The molecule has 0 aromatic heterocycles.